The fourth-order valence-corrected chi connectivity index (χ4v) is 0.307. The average molecular weight is 189 g/mol. The topological polar surface area (TPSA) is 26.3 Å². The predicted molar refractivity (Wildman–Crippen MR) is 22.7 cm³/mol. The van der Waals surface area contributed by atoms with Crippen molar-refractivity contribution < 1.29 is 27.4 Å². The van der Waals surface area contributed by atoms with Crippen molar-refractivity contribution in [1.82, 2.24) is 0 Å². The fraction of sp³-hybridized carbons (Fsp3) is 0.500. The second kappa shape index (κ2) is 4.13. The molecule has 0 unspecified atom stereocenters. The van der Waals surface area contributed by atoms with E-state index in [1.165, 1.54) is 4.61 Å². The molecule has 7 heavy (non-hydrogen) atoms. The summed E-state index contributed by atoms with van der Waals surface area (Å²) in [5.41, 5.74) is 0. The van der Waals surface area contributed by atoms with Crippen LogP contribution in [0.4, 0.5) is 0 Å². The van der Waals surface area contributed by atoms with E-state index in [2.05, 4.69) is 22.6 Å². The summed E-state index contributed by atoms with van der Waals surface area (Å²) >= 11 is 2.33. The molecule has 0 rings (SSSR count). The number of carbonyl (C=O) groups is 1. The van der Waals surface area contributed by atoms with Gasteiger partial charge in [0.15, 0.2) is 0 Å². The molecule has 2 nitrogen and oxygen atoms in total. The zero-order valence-electron chi connectivity index (χ0n) is 3.93. The summed E-state index contributed by atoms with van der Waals surface area (Å²) < 4.78 is 5.75. The Kier molecular flexibility index (Phi) is 4.11. The van der Waals surface area contributed by atoms with Gasteiger partial charge in [-0.2, -0.15) is 0 Å². The SMILES string of the molecule is CCOC(=O)[CH]=[Rh]. The van der Waals surface area contributed by atoms with Gasteiger partial charge in [-0.15, -0.1) is 0 Å². The van der Waals surface area contributed by atoms with Crippen LogP contribution < -0.4 is 0 Å². The molecule has 0 saturated heterocycles. The Hall–Kier alpha value is -0.0366. The second-order valence-corrected chi connectivity index (χ2v) is 1.32. The number of hydrogen-bond donors (Lipinski definition) is 0. The molecule has 0 amide bonds. The molecular weight excluding hydrogens is 183 g/mol. The Morgan fingerprint density at radius 2 is 2.57 bits per heavy atom. The predicted octanol–water partition coefficient (Wildman–Crippen LogP) is -0.101. The molecule has 0 aromatic heterocycles. The molecular formula is C4H6O2Rh. The molecule has 0 atom stereocenters. The van der Waals surface area contributed by atoms with Gasteiger partial charge in [0.25, 0.3) is 0 Å². The second-order valence-electron chi connectivity index (χ2n) is 0.848. The first kappa shape index (κ1) is 6.96. The van der Waals surface area contributed by atoms with Crippen molar-refractivity contribution in [2.24, 2.45) is 0 Å². The van der Waals surface area contributed by atoms with Crippen LogP contribution in [0.1, 0.15) is 6.92 Å². The van der Waals surface area contributed by atoms with Gasteiger partial charge in [-0.3, -0.25) is 0 Å². The molecule has 0 radical (unpaired) electrons. The van der Waals surface area contributed by atoms with Gasteiger partial charge < -0.3 is 0 Å². The fourth-order valence-electron chi connectivity index (χ4n) is 0.170. The van der Waals surface area contributed by atoms with E-state index in [9.17, 15) is 4.79 Å². The standard InChI is InChI=1S/C4H6O2.Rh/c1-3-6-4(2)5;/h2H,3H2,1H3;. The van der Waals surface area contributed by atoms with Gasteiger partial charge in [0.05, 0.1) is 0 Å². The Balaban J connectivity index is 3.17. The van der Waals surface area contributed by atoms with Crippen molar-refractivity contribution in [2.75, 3.05) is 6.61 Å². The maximum absolute atomic E-state index is 10.1. The van der Waals surface area contributed by atoms with E-state index in [0.717, 1.165) is 0 Å². The summed E-state index contributed by atoms with van der Waals surface area (Å²) in [6, 6.07) is 0. The summed E-state index contributed by atoms with van der Waals surface area (Å²) in [6.45, 7) is 2.21. The van der Waals surface area contributed by atoms with Gasteiger partial charge >= 0.3 is 51.5 Å². The summed E-state index contributed by atoms with van der Waals surface area (Å²) in [6.07, 6.45) is 0. The van der Waals surface area contributed by atoms with Crippen molar-refractivity contribution in [3.63, 3.8) is 0 Å². The molecule has 3 heteroatoms. The summed E-state index contributed by atoms with van der Waals surface area (Å²) in [5, 5.41) is 0. The van der Waals surface area contributed by atoms with Crippen molar-refractivity contribution in [3.05, 3.63) is 0 Å². The van der Waals surface area contributed by atoms with Crippen LogP contribution in [0.5, 0.6) is 0 Å². The van der Waals surface area contributed by atoms with E-state index in [-0.39, 0.29) is 5.97 Å². The first-order valence-corrected chi connectivity index (χ1v) is 2.83. The van der Waals surface area contributed by atoms with Crippen LogP contribution in [-0.2, 0) is 27.4 Å². The van der Waals surface area contributed by atoms with Crippen LogP contribution >= 0.6 is 0 Å². The number of hydrogen-bond acceptors (Lipinski definition) is 2. The third kappa shape index (κ3) is 3.80. The van der Waals surface area contributed by atoms with Crippen LogP contribution in [0.15, 0.2) is 0 Å². The van der Waals surface area contributed by atoms with Crippen molar-refractivity contribution in [1.29, 1.82) is 0 Å². The molecule has 0 aromatic rings. The Morgan fingerprint density at radius 3 is 2.71 bits per heavy atom. The van der Waals surface area contributed by atoms with E-state index < -0.39 is 0 Å². The molecule has 0 saturated carbocycles. The van der Waals surface area contributed by atoms with Gasteiger partial charge in [-0.1, -0.05) is 0 Å². The van der Waals surface area contributed by atoms with Gasteiger partial charge in [0.1, 0.15) is 0 Å². The van der Waals surface area contributed by atoms with E-state index in [1.54, 1.807) is 6.92 Å². The monoisotopic (exact) mass is 189 g/mol. The molecule has 0 heterocycles. The normalized spacial score (nSPS) is 7.71. The van der Waals surface area contributed by atoms with E-state index in [1.807, 2.05) is 0 Å². The van der Waals surface area contributed by atoms with Gasteiger partial charge in [0, 0.05) is 0 Å². The van der Waals surface area contributed by atoms with Crippen LogP contribution in [0, 0.1) is 0 Å². The third-order valence-corrected chi connectivity index (χ3v) is 0.751. The molecule has 0 aliphatic rings. The Bertz CT molecular complexity index is 79.8. The zero-order chi connectivity index (χ0) is 5.70. The number of carbonyl (C=O) groups excluding carboxylic acids is 1. The number of ether oxygens (including phenoxy) is 1. The number of esters is 1. The van der Waals surface area contributed by atoms with Gasteiger partial charge in [-0.05, 0) is 0 Å². The maximum atomic E-state index is 10.1. The van der Waals surface area contributed by atoms with E-state index in [4.69, 9.17) is 0 Å². The van der Waals surface area contributed by atoms with Crippen LogP contribution in [0.25, 0.3) is 0 Å². The van der Waals surface area contributed by atoms with Crippen molar-refractivity contribution in [2.45, 2.75) is 6.92 Å². The quantitative estimate of drug-likeness (QED) is 0.447. The first-order valence-electron chi connectivity index (χ1n) is 1.89. The molecule has 0 aliphatic carbocycles. The van der Waals surface area contributed by atoms with Crippen molar-refractivity contribution in [3.8, 4) is 0 Å². The van der Waals surface area contributed by atoms with Crippen LogP contribution in [0.2, 0.25) is 0 Å². The van der Waals surface area contributed by atoms with Crippen LogP contribution in [0.3, 0.4) is 0 Å². The minimum atomic E-state index is -0.297. The third-order valence-electron chi connectivity index (χ3n) is 0.365. The molecule has 0 bridgehead atoms. The first-order chi connectivity index (χ1) is 3.31. The van der Waals surface area contributed by atoms with Gasteiger partial charge in [-0.25, -0.2) is 0 Å². The van der Waals surface area contributed by atoms with Gasteiger partial charge in [0.2, 0.25) is 0 Å². The molecule has 0 fully saturated rings. The minimum absolute atomic E-state index is 0.297. The summed E-state index contributed by atoms with van der Waals surface area (Å²) in [7, 11) is 0. The van der Waals surface area contributed by atoms with Crippen molar-refractivity contribution >= 4 is 10.6 Å². The number of rotatable bonds is 2. The average Bonchev–Trinajstić information content (AvgIpc) is 1.68. The summed E-state index contributed by atoms with van der Waals surface area (Å²) in [5.74, 6) is -0.297. The molecule has 0 aromatic carbocycles. The molecule has 0 N–H and O–H groups in total. The molecule has 0 aliphatic heterocycles. The van der Waals surface area contributed by atoms with Crippen LogP contribution in [-0.4, -0.2) is 17.2 Å². The van der Waals surface area contributed by atoms with E-state index in [0.29, 0.717) is 6.61 Å². The molecule has 43 valence electrons. The Morgan fingerprint density at radius 1 is 2.00 bits per heavy atom. The molecule has 0 spiro atoms. The zero-order valence-corrected chi connectivity index (χ0v) is 5.57. The summed E-state index contributed by atoms with van der Waals surface area (Å²) in [4.78, 5) is 10.1. The Labute approximate surface area is 52.1 Å². The van der Waals surface area contributed by atoms with E-state index >= 15 is 0 Å².